The van der Waals surface area contributed by atoms with E-state index in [1.54, 1.807) is 66.7 Å². The van der Waals surface area contributed by atoms with E-state index in [9.17, 15) is 14.4 Å². The van der Waals surface area contributed by atoms with Gasteiger partial charge in [0.1, 0.15) is 10.7 Å². The van der Waals surface area contributed by atoms with Crippen LogP contribution in [0.1, 0.15) is 15.9 Å². The lowest BCUT2D eigenvalue weighted by Crippen LogP contribution is -2.32. The zero-order chi connectivity index (χ0) is 22.8. The third kappa shape index (κ3) is 4.23. The van der Waals surface area contributed by atoms with Crippen molar-refractivity contribution < 1.29 is 14.4 Å². The molecule has 3 amide bonds. The van der Waals surface area contributed by atoms with Crippen LogP contribution in [0.15, 0.2) is 83.5 Å². The molecule has 1 aliphatic heterocycles. The molecule has 0 atom stereocenters. The van der Waals surface area contributed by atoms with Gasteiger partial charge in [-0.15, -0.1) is 0 Å². The number of halogens is 2. The second-order valence-corrected chi connectivity index (χ2v) is 7.88. The average Bonchev–Trinajstić information content (AvgIpc) is 3.00. The first kappa shape index (κ1) is 21.6. The Bertz CT molecular complexity index is 1270. The average molecular weight is 466 g/mol. The Balaban J connectivity index is 1.53. The highest BCUT2D eigenvalue weighted by Gasteiger charge is 2.38. The van der Waals surface area contributed by atoms with Crippen LogP contribution in [0, 0.1) is 6.92 Å². The number of anilines is 3. The SMILES string of the molecule is Cc1ccc(NC(=O)c2cccc(NC3=C(Cl)C(=O)N(c4ccccc4)C3=O)c2)cc1Cl. The van der Waals surface area contributed by atoms with Crippen LogP contribution in [0.5, 0.6) is 0 Å². The molecule has 1 aliphatic rings. The third-order valence-corrected chi connectivity index (χ3v) is 5.62. The molecular formula is C24H17Cl2N3O3. The Morgan fingerprint density at radius 3 is 2.31 bits per heavy atom. The minimum atomic E-state index is -0.615. The summed E-state index contributed by atoms with van der Waals surface area (Å²) in [6.45, 7) is 1.87. The van der Waals surface area contributed by atoms with E-state index in [0.717, 1.165) is 10.5 Å². The summed E-state index contributed by atoms with van der Waals surface area (Å²) in [6.07, 6.45) is 0. The van der Waals surface area contributed by atoms with Crippen molar-refractivity contribution in [2.24, 2.45) is 0 Å². The third-order valence-electron chi connectivity index (χ3n) is 4.87. The van der Waals surface area contributed by atoms with Crippen molar-refractivity contribution in [2.45, 2.75) is 6.92 Å². The molecule has 1 heterocycles. The molecule has 0 bridgehead atoms. The lowest BCUT2D eigenvalue weighted by atomic mass is 10.1. The zero-order valence-electron chi connectivity index (χ0n) is 16.9. The van der Waals surface area contributed by atoms with Gasteiger partial charge in [0.2, 0.25) is 0 Å². The number of hydrogen-bond acceptors (Lipinski definition) is 4. The summed E-state index contributed by atoms with van der Waals surface area (Å²) in [5, 5.41) is 5.99. The highest BCUT2D eigenvalue weighted by atomic mass is 35.5. The lowest BCUT2D eigenvalue weighted by molar-refractivity contribution is -0.120. The van der Waals surface area contributed by atoms with E-state index < -0.39 is 11.8 Å². The van der Waals surface area contributed by atoms with Crippen LogP contribution in [0.2, 0.25) is 5.02 Å². The lowest BCUT2D eigenvalue weighted by Gasteiger charge is -2.15. The Labute approximate surface area is 194 Å². The number of amides is 3. The van der Waals surface area contributed by atoms with Crippen LogP contribution < -0.4 is 15.5 Å². The minimum absolute atomic E-state index is 0.0524. The van der Waals surface area contributed by atoms with E-state index in [4.69, 9.17) is 23.2 Å². The van der Waals surface area contributed by atoms with Crippen molar-refractivity contribution in [2.75, 3.05) is 15.5 Å². The molecule has 4 rings (SSSR count). The number of para-hydroxylation sites is 1. The largest absolute Gasteiger partial charge is 0.350 e. The van der Waals surface area contributed by atoms with Crippen molar-refractivity contribution in [1.82, 2.24) is 0 Å². The predicted molar refractivity (Wildman–Crippen MR) is 126 cm³/mol. The summed E-state index contributed by atoms with van der Waals surface area (Å²) in [6, 6.07) is 20.3. The number of nitrogens with zero attached hydrogens (tertiary/aromatic N) is 1. The molecule has 8 heteroatoms. The quantitative estimate of drug-likeness (QED) is 0.498. The molecule has 2 N–H and O–H groups in total. The van der Waals surface area contributed by atoms with E-state index in [1.165, 1.54) is 0 Å². The second kappa shape index (κ2) is 8.86. The number of carbonyl (C=O) groups excluding carboxylic acids is 3. The molecule has 6 nitrogen and oxygen atoms in total. The second-order valence-electron chi connectivity index (χ2n) is 7.09. The van der Waals surface area contributed by atoms with Gasteiger partial charge in [-0.1, -0.05) is 53.5 Å². The van der Waals surface area contributed by atoms with Crippen molar-refractivity contribution in [3.05, 3.63) is 99.7 Å². The first-order valence-corrected chi connectivity index (χ1v) is 10.4. The molecule has 32 heavy (non-hydrogen) atoms. The topological polar surface area (TPSA) is 78.5 Å². The van der Waals surface area contributed by atoms with Crippen LogP contribution in [0.25, 0.3) is 0 Å². The molecule has 0 aliphatic carbocycles. The van der Waals surface area contributed by atoms with Gasteiger partial charge >= 0.3 is 0 Å². The molecule has 160 valence electrons. The van der Waals surface area contributed by atoms with Crippen LogP contribution in [-0.2, 0) is 9.59 Å². The Kier molecular flexibility index (Phi) is 5.99. The number of imide groups is 1. The highest BCUT2D eigenvalue weighted by molar-refractivity contribution is 6.53. The van der Waals surface area contributed by atoms with E-state index in [2.05, 4.69) is 10.6 Å². The Morgan fingerprint density at radius 2 is 1.59 bits per heavy atom. The summed E-state index contributed by atoms with van der Waals surface area (Å²) in [7, 11) is 0. The van der Waals surface area contributed by atoms with Crippen molar-refractivity contribution in [1.29, 1.82) is 0 Å². The molecule has 3 aromatic rings. The molecule has 0 spiro atoms. The first-order chi connectivity index (χ1) is 15.3. The first-order valence-electron chi connectivity index (χ1n) is 9.63. The summed E-state index contributed by atoms with van der Waals surface area (Å²) < 4.78 is 0. The fraction of sp³-hybridized carbons (Fsp3) is 0.0417. The van der Waals surface area contributed by atoms with Crippen LogP contribution in [0.3, 0.4) is 0 Å². The Hall–Kier alpha value is -3.61. The number of aryl methyl sites for hydroxylation is 1. The number of carbonyl (C=O) groups is 3. The summed E-state index contributed by atoms with van der Waals surface area (Å²) in [5.41, 5.74) is 2.61. The minimum Gasteiger partial charge on any atom is -0.350 e. The van der Waals surface area contributed by atoms with Gasteiger partial charge in [-0.25, -0.2) is 4.90 Å². The van der Waals surface area contributed by atoms with Gasteiger partial charge in [0, 0.05) is 22.0 Å². The van der Waals surface area contributed by atoms with Gasteiger partial charge in [-0.2, -0.15) is 0 Å². The van der Waals surface area contributed by atoms with Gasteiger partial charge in [0.25, 0.3) is 17.7 Å². The van der Waals surface area contributed by atoms with Gasteiger partial charge in [-0.3, -0.25) is 14.4 Å². The molecule has 0 unspecified atom stereocenters. The summed E-state index contributed by atoms with van der Waals surface area (Å²) >= 11 is 12.3. The van der Waals surface area contributed by atoms with Crippen LogP contribution in [-0.4, -0.2) is 17.7 Å². The molecule has 0 saturated heterocycles. The fourth-order valence-corrected chi connectivity index (χ4v) is 3.57. The van der Waals surface area contributed by atoms with Crippen LogP contribution in [0.4, 0.5) is 17.1 Å². The predicted octanol–water partition coefficient (Wildman–Crippen LogP) is 5.34. The Morgan fingerprint density at radius 1 is 0.844 bits per heavy atom. The maximum absolute atomic E-state index is 12.9. The van der Waals surface area contributed by atoms with Crippen molar-refractivity contribution in [3.8, 4) is 0 Å². The van der Waals surface area contributed by atoms with Crippen molar-refractivity contribution in [3.63, 3.8) is 0 Å². The number of hydrogen-bond donors (Lipinski definition) is 2. The molecule has 0 aromatic heterocycles. The normalized spacial score (nSPS) is 13.5. The van der Waals surface area contributed by atoms with Gasteiger partial charge in [-0.05, 0) is 55.0 Å². The van der Waals surface area contributed by atoms with Crippen LogP contribution >= 0.6 is 23.2 Å². The maximum Gasteiger partial charge on any atom is 0.283 e. The zero-order valence-corrected chi connectivity index (χ0v) is 18.4. The van der Waals surface area contributed by atoms with Gasteiger partial charge in [0.15, 0.2) is 0 Å². The molecule has 0 fully saturated rings. The number of benzene rings is 3. The van der Waals surface area contributed by atoms with Crippen molar-refractivity contribution >= 4 is 58.0 Å². The van der Waals surface area contributed by atoms with E-state index in [1.807, 2.05) is 13.0 Å². The van der Waals surface area contributed by atoms with E-state index in [0.29, 0.717) is 27.6 Å². The number of nitrogens with one attached hydrogen (secondary N) is 2. The number of rotatable bonds is 5. The van der Waals surface area contributed by atoms with Gasteiger partial charge < -0.3 is 10.6 Å². The van der Waals surface area contributed by atoms with Gasteiger partial charge in [0.05, 0.1) is 5.69 Å². The standard InChI is InChI=1S/C24H17Cl2N3O3/c1-14-10-11-17(13-19(14)25)28-22(30)15-6-5-7-16(12-15)27-21-20(26)23(31)29(24(21)32)18-8-3-2-4-9-18/h2-13,27H,1H3,(H,28,30). The molecule has 0 radical (unpaired) electrons. The smallest absolute Gasteiger partial charge is 0.283 e. The maximum atomic E-state index is 12.9. The fourth-order valence-electron chi connectivity index (χ4n) is 3.18. The molecule has 3 aromatic carbocycles. The van der Waals surface area contributed by atoms with E-state index >= 15 is 0 Å². The molecule has 0 saturated carbocycles. The monoisotopic (exact) mass is 465 g/mol. The molecular weight excluding hydrogens is 449 g/mol. The highest BCUT2D eigenvalue weighted by Crippen LogP contribution is 2.30. The summed E-state index contributed by atoms with van der Waals surface area (Å²) in [5.74, 6) is -1.54. The summed E-state index contributed by atoms with van der Waals surface area (Å²) in [4.78, 5) is 39.1. The van der Waals surface area contributed by atoms with E-state index in [-0.39, 0.29) is 16.6 Å².